The maximum atomic E-state index is 12.9. The van der Waals surface area contributed by atoms with Gasteiger partial charge in [-0.15, -0.1) is 0 Å². The van der Waals surface area contributed by atoms with Gasteiger partial charge >= 0.3 is 6.18 Å². The Labute approximate surface area is 78.5 Å². The Kier molecular flexibility index (Phi) is 3.10. The molecular weight excluding hydrogens is 198 g/mol. The summed E-state index contributed by atoms with van der Waals surface area (Å²) in [5, 5.41) is 0. The molecule has 0 heterocycles. The number of halogens is 4. The molecule has 1 aromatic carbocycles. The van der Waals surface area contributed by atoms with Gasteiger partial charge in [0, 0.05) is 6.54 Å². The number of rotatable bonds is 2. The monoisotopic (exact) mass is 207 g/mol. The van der Waals surface area contributed by atoms with E-state index >= 15 is 0 Å². The predicted molar refractivity (Wildman–Crippen MR) is 44.3 cm³/mol. The Hall–Kier alpha value is -1.10. The van der Waals surface area contributed by atoms with Crippen molar-refractivity contribution in [3.63, 3.8) is 0 Å². The molecule has 0 aliphatic rings. The van der Waals surface area contributed by atoms with Crippen LogP contribution in [0.2, 0.25) is 0 Å². The van der Waals surface area contributed by atoms with E-state index in [0.717, 1.165) is 12.1 Å². The number of nitrogens with two attached hydrogens (primary N) is 1. The first-order valence-electron chi connectivity index (χ1n) is 3.96. The van der Waals surface area contributed by atoms with Crippen molar-refractivity contribution >= 4 is 0 Å². The summed E-state index contributed by atoms with van der Waals surface area (Å²) in [5.74, 6) is 0. The fraction of sp³-hybridized carbons (Fsp3) is 0.333. The Morgan fingerprint density at radius 3 is 2.43 bits per heavy atom. The van der Waals surface area contributed by atoms with Gasteiger partial charge in [-0.2, -0.15) is 13.2 Å². The number of hydrogen-bond donors (Lipinski definition) is 1. The summed E-state index contributed by atoms with van der Waals surface area (Å²) in [5.41, 5.74) is 4.11. The molecule has 1 nitrogen and oxygen atoms in total. The van der Waals surface area contributed by atoms with Gasteiger partial charge in [0.25, 0.3) is 0 Å². The molecule has 0 bridgehead atoms. The Morgan fingerprint density at radius 1 is 1.29 bits per heavy atom. The molecule has 0 aliphatic carbocycles. The van der Waals surface area contributed by atoms with Crippen LogP contribution in [0.15, 0.2) is 24.3 Å². The van der Waals surface area contributed by atoms with Gasteiger partial charge in [-0.1, -0.05) is 12.1 Å². The Balaban J connectivity index is 3.01. The van der Waals surface area contributed by atoms with Gasteiger partial charge in [0.2, 0.25) is 0 Å². The van der Waals surface area contributed by atoms with E-state index < -0.39 is 17.9 Å². The van der Waals surface area contributed by atoms with Crippen molar-refractivity contribution in [2.75, 3.05) is 6.54 Å². The first kappa shape index (κ1) is 11.0. The third kappa shape index (κ3) is 2.45. The van der Waals surface area contributed by atoms with Crippen LogP contribution < -0.4 is 5.73 Å². The SMILES string of the molecule is NC[C@H](F)c1cccc(C(F)(F)F)c1. The summed E-state index contributed by atoms with van der Waals surface area (Å²) in [4.78, 5) is 0. The van der Waals surface area contributed by atoms with Gasteiger partial charge in [0.05, 0.1) is 5.56 Å². The zero-order valence-corrected chi connectivity index (χ0v) is 7.18. The van der Waals surface area contributed by atoms with Crippen molar-refractivity contribution in [2.24, 2.45) is 5.73 Å². The molecule has 0 saturated carbocycles. The minimum absolute atomic E-state index is 0.0395. The van der Waals surface area contributed by atoms with Crippen LogP contribution >= 0.6 is 0 Å². The molecule has 0 unspecified atom stereocenters. The lowest BCUT2D eigenvalue weighted by atomic mass is 10.1. The van der Waals surface area contributed by atoms with Gasteiger partial charge in [0.15, 0.2) is 0 Å². The molecule has 1 aromatic rings. The molecule has 0 aromatic heterocycles. The normalized spacial score (nSPS) is 14.1. The topological polar surface area (TPSA) is 26.0 Å². The van der Waals surface area contributed by atoms with E-state index in [1.165, 1.54) is 12.1 Å². The summed E-state index contributed by atoms with van der Waals surface area (Å²) in [6, 6.07) is 4.12. The van der Waals surface area contributed by atoms with E-state index in [2.05, 4.69) is 0 Å². The van der Waals surface area contributed by atoms with Crippen molar-refractivity contribution in [1.82, 2.24) is 0 Å². The standard InChI is InChI=1S/C9H9F4N/c10-8(5-14)6-2-1-3-7(4-6)9(11,12)13/h1-4,8H,5,14H2/t8-/m0/s1. The number of hydrogen-bond acceptors (Lipinski definition) is 1. The molecule has 2 N–H and O–H groups in total. The third-order valence-corrected chi connectivity index (χ3v) is 1.78. The zero-order valence-electron chi connectivity index (χ0n) is 7.18. The van der Waals surface area contributed by atoms with Crippen LogP contribution in [0.1, 0.15) is 17.3 Å². The first-order valence-corrected chi connectivity index (χ1v) is 3.96. The molecule has 1 rings (SSSR count). The fourth-order valence-electron chi connectivity index (χ4n) is 1.05. The number of benzene rings is 1. The lowest BCUT2D eigenvalue weighted by Gasteiger charge is -2.10. The summed E-state index contributed by atoms with van der Waals surface area (Å²) in [7, 11) is 0. The van der Waals surface area contributed by atoms with Gasteiger partial charge in [-0.3, -0.25) is 0 Å². The van der Waals surface area contributed by atoms with Crippen molar-refractivity contribution in [3.05, 3.63) is 35.4 Å². The van der Waals surface area contributed by atoms with E-state index in [1.54, 1.807) is 0 Å². The van der Waals surface area contributed by atoms with Crippen molar-refractivity contribution in [3.8, 4) is 0 Å². The van der Waals surface area contributed by atoms with E-state index in [1.807, 2.05) is 0 Å². The van der Waals surface area contributed by atoms with E-state index in [4.69, 9.17) is 5.73 Å². The second-order valence-corrected chi connectivity index (χ2v) is 2.83. The summed E-state index contributed by atoms with van der Waals surface area (Å²) >= 11 is 0. The second-order valence-electron chi connectivity index (χ2n) is 2.83. The molecule has 14 heavy (non-hydrogen) atoms. The number of alkyl halides is 4. The lowest BCUT2D eigenvalue weighted by Crippen LogP contribution is -2.10. The molecule has 0 spiro atoms. The lowest BCUT2D eigenvalue weighted by molar-refractivity contribution is -0.137. The molecule has 0 radical (unpaired) electrons. The summed E-state index contributed by atoms with van der Waals surface area (Å²) in [6.45, 7) is -0.318. The van der Waals surface area contributed by atoms with E-state index in [0.29, 0.717) is 0 Å². The highest BCUT2D eigenvalue weighted by molar-refractivity contribution is 5.27. The largest absolute Gasteiger partial charge is 0.416 e. The van der Waals surface area contributed by atoms with Crippen molar-refractivity contribution in [2.45, 2.75) is 12.3 Å². The smallest absolute Gasteiger partial charge is 0.327 e. The van der Waals surface area contributed by atoms with Gasteiger partial charge in [-0.25, -0.2) is 4.39 Å². The van der Waals surface area contributed by atoms with E-state index in [-0.39, 0.29) is 12.1 Å². The van der Waals surface area contributed by atoms with Crippen LogP contribution in [-0.2, 0) is 6.18 Å². The summed E-state index contributed by atoms with van der Waals surface area (Å²) < 4.78 is 49.5. The maximum Gasteiger partial charge on any atom is 0.416 e. The Morgan fingerprint density at radius 2 is 1.93 bits per heavy atom. The first-order chi connectivity index (χ1) is 6.45. The second kappa shape index (κ2) is 3.96. The molecule has 0 amide bonds. The zero-order chi connectivity index (χ0) is 10.8. The fourth-order valence-corrected chi connectivity index (χ4v) is 1.05. The van der Waals surface area contributed by atoms with Gasteiger partial charge in [-0.05, 0) is 17.7 Å². The molecular formula is C9H9F4N. The van der Waals surface area contributed by atoms with Crippen LogP contribution in [0.3, 0.4) is 0 Å². The highest BCUT2D eigenvalue weighted by atomic mass is 19.4. The van der Waals surface area contributed by atoms with Gasteiger partial charge < -0.3 is 5.73 Å². The van der Waals surface area contributed by atoms with Crippen LogP contribution in [0.5, 0.6) is 0 Å². The summed E-state index contributed by atoms with van der Waals surface area (Å²) in [6.07, 6.45) is -5.98. The molecule has 5 heteroatoms. The average Bonchev–Trinajstić information content (AvgIpc) is 2.15. The van der Waals surface area contributed by atoms with Crippen molar-refractivity contribution < 1.29 is 17.6 Å². The van der Waals surface area contributed by atoms with Crippen LogP contribution in [0.25, 0.3) is 0 Å². The Bertz CT molecular complexity index is 308. The van der Waals surface area contributed by atoms with E-state index in [9.17, 15) is 17.6 Å². The molecule has 1 atom stereocenters. The van der Waals surface area contributed by atoms with Crippen molar-refractivity contribution in [1.29, 1.82) is 0 Å². The van der Waals surface area contributed by atoms with Gasteiger partial charge in [0.1, 0.15) is 6.17 Å². The molecule has 0 aliphatic heterocycles. The van der Waals surface area contributed by atoms with Crippen LogP contribution in [-0.4, -0.2) is 6.54 Å². The average molecular weight is 207 g/mol. The molecule has 78 valence electrons. The third-order valence-electron chi connectivity index (χ3n) is 1.78. The molecule has 0 saturated heterocycles. The highest BCUT2D eigenvalue weighted by Crippen LogP contribution is 2.31. The quantitative estimate of drug-likeness (QED) is 0.741. The molecule has 0 fully saturated rings. The predicted octanol–water partition coefficient (Wildman–Crippen LogP) is 2.67. The highest BCUT2D eigenvalue weighted by Gasteiger charge is 2.30. The minimum atomic E-state index is -4.44. The maximum absolute atomic E-state index is 12.9. The van der Waals surface area contributed by atoms with Crippen LogP contribution in [0, 0.1) is 0 Å². The van der Waals surface area contributed by atoms with Crippen LogP contribution in [0.4, 0.5) is 17.6 Å². The minimum Gasteiger partial charge on any atom is -0.327 e.